The number of carbonyl (C=O) groups excluding carboxylic acids is 3. The molecule has 1 N–H and O–H groups in total. The van der Waals surface area contributed by atoms with Crippen LogP contribution in [0.15, 0.2) is 36.4 Å². The second-order valence-electron chi connectivity index (χ2n) is 14.4. The number of nitrogens with zero attached hydrogens (tertiary/aromatic N) is 3. The summed E-state index contributed by atoms with van der Waals surface area (Å²) in [6.45, 7) is 7.13. The number of carbonyl (C=O) groups is 3. The number of methoxy groups -OCH3 is 1. The van der Waals surface area contributed by atoms with Crippen molar-refractivity contribution in [2.24, 2.45) is 0 Å². The van der Waals surface area contributed by atoms with Gasteiger partial charge in [0.1, 0.15) is 36.8 Å². The molecule has 0 aromatic heterocycles. The van der Waals surface area contributed by atoms with Gasteiger partial charge in [-0.15, -0.1) is 11.8 Å². The number of aryl methyl sites for hydroxylation is 1. The number of fused-ring (bicyclic) bond motifs is 10. The number of rotatable bonds is 5. The normalized spacial score (nSPS) is 26.7. The Morgan fingerprint density at radius 1 is 1.04 bits per heavy atom. The highest BCUT2D eigenvalue weighted by atomic mass is 32.2. The Bertz CT molecular complexity index is 2090. The van der Waals surface area contributed by atoms with E-state index in [1.165, 1.54) is 18.7 Å². The predicted molar refractivity (Wildman–Crippen MR) is 197 cm³/mol. The zero-order valence-corrected chi connectivity index (χ0v) is 31.8. The first kappa shape index (κ1) is 36.0. The number of hydrogen-bond donors (Lipinski definition) is 1. The van der Waals surface area contributed by atoms with Crippen LogP contribution < -0.4 is 24.3 Å². The fourth-order valence-electron chi connectivity index (χ4n) is 9.31. The van der Waals surface area contributed by atoms with Crippen LogP contribution >= 0.6 is 11.8 Å². The molecule has 0 aliphatic carbocycles. The number of nitriles is 1. The second kappa shape index (κ2) is 14.0. The Hall–Kier alpha value is -4.97. The molecular weight excluding hydrogens is 713 g/mol. The van der Waals surface area contributed by atoms with Crippen molar-refractivity contribution >= 4 is 29.8 Å². The first-order valence-corrected chi connectivity index (χ1v) is 19.0. The van der Waals surface area contributed by atoms with Crippen LogP contribution in [0.2, 0.25) is 0 Å². The van der Waals surface area contributed by atoms with Gasteiger partial charge < -0.3 is 33.7 Å². The van der Waals surface area contributed by atoms with E-state index >= 15 is 0 Å². The molecule has 2 fully saturated rings. The van der Waals surface area contributed by atoms with E-state index in [-0.39, 0.29) is 37.8 Å². The van der Waals surface area contributed by atoms with Gasteiger partial charge in [0.15, 0.2) is 11.5 Å². The lowest BCUT2D eigenvalue weighted by atomic mass is 9.70. The molecule has 9 rings (SSSR count). The number of nitrogens with one attached hydrogen (secondary N) is 1. The standard InChI is InChI=1S/C40H42N4O9S/c1-19-12-24-13-26-27(14-41)44-28-16-49-39(46)25(42-40(47)50-15-23-10-8-7-9-11-23)17-54-38(33(44)32(43(26)5)29(24)20(2)34(19)48-6)31-30(28)37-36(51-18-52-37)21(3)35(31)53-22(4)45/h7-12,25-28,32-33,38H,13,15-18H2,1-6H3,(H,42,47)/t25?,26-,27-,28+,32-,33?,38+/m0/s1. The maximum Gasteiger partial charge on any atom is 0.408 e. The Kier molecular flexibility index (Phi) is 9.36. The zero-order valence-electron chi connectivity index (χ0n) is 31.0. The number of thioether (sulfide) groups is 1. The van der Waals surface area contributed by atoms with Gasteiger partial charge in [0.05, 0.1) is 30.5 Å². The van der Waals surface area contributed by atoms with Gasteiger partial charge in [0.2, 0.25) is 6.79 Å². The summed E-state index contributed by atoms with van der Waals surface area (Å²) in [4.78, 5) is 44.3. The maximum absolute atomic E-state index is 13.9. The van der Waals surface area contributed by atoms with Crippen LogP contribution in [0.3, 0.4) is 0 Å². The lowest BCUT2D eigenvalue weighted by molar-refractivity contribution is -0.151. The molecule has 3 aromatic carbocycles. The molecular formula is C40H42N4O9S. The minimum Gasteiger partial charge on any atom is -0.496 e. The van der Waals surface area contributed by atoms with Gasteiger partial charge in [-0.25, -0.2) is 9.59 Å². The third kappa shape index (κ3) is 5.72. The van der Waals surface area contributed by atoms with Crippen LogP contribution in [-0.4, -0.2) is 85.3 Å². The fourth-order valence-corrected chi connectivity index (χ4v) is 10.8. The molecule has 6 aliphatic heterocycles. The van der Waals surface area contributed by atoms with Gasteiger partial charge in [0.25, 0.3) is 0 Å². The third-order valence-corrected chi connectivity index (χ3v) is 12.8. The van der Waals surface area contributed by atoms with Crippen LogP contribution in [0, 0.1) is 32.1 Å². The third-order valence-electron chi connectivity index (χ3n) is 11.4. The molecule has 2 unspecified atom stereocenters. The molecule has 4 bridgehead atoms. The van der Waals surface area contributed by atoms with Gasteiger partial charge in [-0.1, -0.05) is 36.4 Å². The van der Waals surface area contributed by atoms with Gasteiger partial charge in [-0.3, -0.25) is 14.6 Å². The Labute approximate surface area is 317 Å². The lowest BCUT2D eigenvalue weighted by Crippen LogP contribution is -2.69. The number of alkyl carbamates (subject to hydrolysis) is 1. The van der Waals surface area contributed by atoms with Crippen LogP contribution in [-0.2, 0) is 32.1 Å². The zero-order chi connectivity index (χ0) is 38.0. The smallest absolute Gasteiger partial charge is 0.408 e. The number of hydrogen-bond acceptors (Lipinski definition) is 13. The van der Waals surface area contributed by atoms with Crippen LogP contribution in [0.25, 0.3) is 0 Å². The van der Waals surface area contributed by atoms with Crippen molar-refractivity contribution in [3.05, 3.63) is 80.9 Å². The average Bonchev–Trinajstić information content (AvgIpc) is 3.64. The summed E-state index contributed by atoms with van der Waals surface area (Å²) in [5.41, 5.74) is 7.12. The van der Waals surface area contributed by atoms with E-state index in [0.29, 0.717) is 34.8 Å². The van der Waals surface area contributed by atoms with Crippen molar-refractivity contribution in [1.82, 2.24) is 15.1 Å². The largest absolute Gasteiger partial charge is 0.496 e. The molecule has 2 saturated heterocycles. The summed E-state index contributed by atoms with van der Waals surface area (Å²) in [6, 6.07) is 10.9. The van der Waals surface area contributed by atoms with Crippen molar-refractivity contribution in [2.45, 2.75) is 82.2 Å². The summed E-state index contributed by atoms with van der Waals surface area (Å²) < 4.78 is 35.8. The maximum atomic E-state index is 13.9. The number of piperazine rings is 1. The van der Waals surface area contributed by atoms with E-state index in [2.05, 4.69) is 41.2 Å². The summed E-state index contributed by atoms with van der Waals surface area (Å²) in [5.74, 6) is 1.05. The Morgan fingerprint density at radius 3 is 2.52 bits per heavy atom. The van der Waals surface area contributed by atoms with E-state index in [1.54, 1.807) is 7.11 Å². The molecule has 6 aliphatic rings. The molecule has 13 nitrogen and oxygen atoms in total. The highest BCUT2D eigenvalue weighted by Crippen LogP contribution is 2.63. The molecule has 282 valence electrons. The molecule has 7 atom stereocenters. The monoisotopic (exact) mass is 754 g/mol. The van der Waals surface area contributed by atoms with E-state index in [4.69, 9.17) is 28.4 Å². The van der Waals surface area contributed by atoms with Crippen molar-refractivity contribution in [1.29, 1.82) is 5.26 Å². The molecule has 0 radical (unpaired) electrons. The highest BCUT2D eigenvalue weighted by Gasteiger charge is 2.60. The highest BCUT2D eigenvalue weighted by molar-refractivity contribution is 7.99. The predicted octanol–water partition coefficient (Wildman–Crippen LogP) is 5.13. The summed E-state index contributed by atoms with van der Waals surface area (Å²) in [6.07, 6.45) is -0.122. The van der Waals surface area contributed by atoms with Crippen LogP contribution in [0.5, 0.6) is 23.0 Å². The van der Waals surface area contributed by atoms with E-state index in [9.17, 15) is 19.6 Å². The number of amides is 1. The number of benzene rings is 3. The van der Waals surface area contributed by atoms with Gasteiger partial charge in [0, 0.05) is 41.5 Å². The van der Waals surface area contributed by atoms with Gasteiger partial charge in [-0.05, 0) is 62.1 Å². The van der Waals surface area contributed by atoms with Gasteiger partial charge in [-0.2, -0.15) is 5.26 Å². The number of esters is 2. The topological polar surface area (TPSA) is 149 Å². The summed E-state index contributed by atoms with van der Waals surface area (Å²) in [7, 11) is 3.74. The SMILES string of the molecule is COc1c(C)cc2c(c1C)[C@H]1C3[C@@H]4SCC(NC(=O)OCc5ccccc5)C(=O)OC[C@H](c5c6c(c(C)c(OC(C)=O)c54)OCO6)N3[C@@H](C#N)[C@H](C2)N1C. The van der Waals surface area contributed by atoms with Crippen molar-refractivity contribution < 1.29 is 42.8 Å². The summed E-state index contributed by atoms with van der Waals surface area (Å²) >= 11 is 1.43. The second-order valence-corrected chi connectivity index (χ2v) is 15.6. The molecule has 14 heteroatoms. The minimum absolute atomic E-state index is 0.0291. The number of likely N-dealkylation sites (N-methyl/N-ethyl adjacent to an activating group) is 1. The first-order valence-electron chi connectivity index (χ1n) is 18.0. The summed E-state index contributed by atoms with van der Waals surface area (Å²) in [5, 5.41) is 13.3. The number of ether oxygens (including phenoxy) is 6. The quantitative estimate of drug-likeness (QED) is 0.271. The Morgan fingerprint density at radius 2 is 1.80 bits per heavy atom. The molecule has 54 heavy (non-hydrogen) atoms. The van der Waals surface area contributed by atoms with Crippen molar-refractivity contribution in [3.63, 3.8) is 0 Å². The van der Waals surface area contributed by atoms with E-state index in [1.807, 2.05) is 44.2 Å². The van der Waals surface area contributed by atoms with E-state index in [0.717, 1.165) is 39.1 Å². The lowest BCUT2D eigenvalue weighted by Gasteiger charge is -2.62. The van der Waals surface area contributed by atoms with Crippen LogP contribution in [0.1, 0.15) is 68.8 Å². The van der Waals surface area contributed by atoms with Crippen molar-refractivity contribution in [2.75, 3.05) is 33.3 Å². The van der Waals surface area contributed by atoms with E-state index < -0.39 is 47.4 Å². The van der Waals surface area contributed by atoms with Gasteiger partial charge >= 0.3 is 18.0 Å². The molecule has 0 saturated carbocycles. The molecule has 6 heterocycles. The first-order chi connectivity index (χ1) is 26.0. The fraction of sp³-hybridized carbons (Fsp3) is 0.450. The minimum atomic E-state index is -1.06. The Balaban J connectivity index is 1.30. The van der Waals surface area contributed by atoms with Crippen molar-refractivity contribution in [3.8, 4) is 29.1 Å². The molecule has 1 amide bonds. The van der Waals surface area contributed by atoms with Crippen LogP contribution in [0.4, 0.5) is 4.79 Å². The molecule has 0 spiro atoms. The molecule has 3 aromatic rings. The average molecular weight is 755 g/mol.